The number of nitrogens with one attached hydrogen (secondary N) is 1. The lowest BCUT2D eigenvalue weighted by Crippen LogP contribution is -2.25. The Hall–Kier alpha value is -2.11. The Bertz CT molecular complexity index is 433. The Balaban J connectivity index is 2.83. The molecule has 6 heteroatoms. The van der Waals surface area contributed by atoms with Crippen molar-refractivity contribution in [3.8, 4) is 17.2 Å². The lowest BCUT2D eigenvalue weighted by atomic mass is 10.1. The average Bonchev–Trinajstić information content (AvgIpc) is 2.46. The van der Waals surface area contributed by atoms with Crippen LogP contribution in [0.5, 0.6) is 17.2 Å². The van der Waals surface area contributed by atoms with Gasteiger partial charge in [0.2, 0.25) is 0 Å². The van der Waals surface area contributed by atoms with E-state index in [9.17, 15) is 4.79 Å². The van der Waals surface area contributed by atoms with Gasteiger partial charge in [-0.25, -0.2) is 4.79 Å². The number of alkyl carbamates (subject to hydrolysis) is 1. The topological polar surface area (TPSA) is 66.0 Å². The van der Waals surface area contributed by atoms with Gasteiger partial charge in [0.25, 0.3) is 0 Å². The second-order valence-corrected chi connectivity index (χ2v) is 3.69. The van der Waals surface area contributed by atoms with Crippen molar-refractivity contribution in [2.75, 3.05) is 35.0 Å². The SMILES string of the molecule is COC(=O)NCCc1cc(OC)c(OC)cc1OC. The largest absolute Gasteiger partial charge is 0.496 e. The van der Waals surface area contributed by atoms with E-state index in [1.807, 2.05) is 6.07 Å². The van der Waals surface area contributed by atoms with E-state index in [0.717, 1.165) is 5.56 Å². The van der Waals surface area contributed by atoms with Gasteiger partial charge in [0.05, 0.1) is 28.4 Å². The average molecular weight is 269 g/mol. The molecule has 6 nitrogen and oxygen atoms in total. The molecular weight excluding hydrogens is 250 g/mol. The van der Waals surface area contributed by atoms with Crippen LogP contribution < -0.4 is 19.5 Å². The predicted octanol–water partition coefficient (Wildman–Crippen LogP) is 1.61. The molecule has 0 radical (unpaired) electrons. The number of amides is 1. The second-order valence-electron chi connectivity index (χ2n) is 3.69. The minimum absolute atomic E-state index is 0.443. The molecule has 0 heterocycles. The molecule has 0 aliphatic rings. The highest BCUT2D eigenvalue weighted by Gasteiger charge is 2.11. The fraction of sp³-hybridized carbons (Fsp3) is 0.462. The van der Waals surface area contributed by atoms with Gasteiger partial charge in [0, 0.05) is 12.6 Å². The van der Waals surface area contributed by atoms with Crippen LogP contribution in [0.2, 0.25) is 0 Å². The monoisotopic (exact) mass is 269 g/mol. The fourth-order valence-corrected chi connectivity index (χ4v) is 1.66. The number of hydrogen-bond donors (Lipinski definition) is 1. The van der Waals surface area contributed by atoms with Gasteiger partial charge < -0.3 is 24.3 Å². The molecule has 0 aromatic heterocycles. The van der Waals surface area contributed by atoms with E-state index in [4.69, 9.17) is 14.2 Å². The molecule has 19 heavy (non-hydrogen) atoms. The van der Waals surface area contributed by atoms with E-state index in [0.29, 0.717) is 30.2 Å². The zero-order valence-corrected chi connectivity index (χ0v) is 11.6. The molecule has 106 valence electrons. The third kappa shape index (κ3) is 3.94. The zero-order chi connectivity index (χ0) is 14.3. The molecule has 0 aliphatic carbocycles. The van der Waals surface area contributed by atoms with Crippen molar-refractivity contribution in [2.45, 2.75) is 6.42 Å². The van der Waals surface area contributed by atoms with Crippen LogP contribution in [0.3, 0.4) is 0 Å². The fourth-order valence-electron chi connectivity index (χ4n) is 1.66. The molecule has 1 N–H and O–H groups in total. The van der Waals surface area contributed by atoms with E-state index < -0.39 is 6.09 Å². The van der Waals surface area contributed by atoms with E-state index in [1.54, 1.807) is 27.4 Å². The molecule has 0 fully saturated rings. The van der Waals surface area contributed by atoms with E-state index >= 15 is 0 Å². The van der Waals surface area contributed by atoms with Crippen molar-refractivity contribution in [1.29, 1.82) is 0 Å². The molecular formula is C13H19NO5. The van der Waals surface area contributed by atoms with Gasteiger partial charge in [-0.3, -0.25) is 0 Å². The van der Waals surface area contributed by atoms with Crippen LogP contribution >= 0.6 is 0 Å². The van der Waals surface area contributed by atoms with E-state index in [-0.39, 0.29) is 0 Å². The normalized spacial score (nSPS) is 9.68. The summed E-state index contributed by atoms with van der Waals surface area (Å²) in [5, 5.41) is 2.61. The van der Waals surface area contributed by atoms with Gasteiger partial charge in [-0.05, 0) is 18.1 Å². The number of hydrogen-bond acceptors (Lipinski definition) is 5. The standard InChI is InChI=1S/C13H19NO5/c1-16-10-8-12(18-3)11(17-2)7-9(10)5-6-14-13(15)19-4/h7-8H,5-6H2,1-4H3,(H,14,15). The van der Waals surface area contributed by atoms with Gasteiger partial charge in [-0.15, -0.1) is 0 Å². The lowest BCUT2D eigenvalue weighted by Gasteiger charge is -2.14. The van der Waals surface area contributed by atoms with Gasteiger partial charge in [-0.1, -0.05) is 0 Å². The molecule has 0 saturated heterocycles. The minimum Gasteiger partial charge on any atom is -0.496 e. The van der Waals surface area contributed by atoms with Crippen LogP contribution in [0.1, 0.15) is 5.56 Å². The molecule has 0 aliphatic heterocycles. The first kappa shape index (κ1) is 14.9. The summed E-state index contributed by atoms with van der Waals surface area (Å²) < 4.78 is 20.2. The molecule has 1 amide bonds. The van der Waals surface area contributed by atoms with Crippen LogP contribution in [-0.2, 0) is 11.2 Å². The first-order chi connectivity index (χ1) is 9.15. The Morgan fingerprint density at radius 3 is 2.11 bits per heavy atom. The highest BCUT2D eigenvalue weighted by atomic mass is 16.5. The third-order valence-electron chi connectivity index (χ3n) is 2.64. The first-order valence-electron chi connectivity index (χ1n) is 5.77. The maximum absolute atomic E-state index is 11.0. The second kappa shape index (κ2) is 7.35. The Labute approximate surface area is 112 Å². The summed E-state index contributed by atoms with van der Waals surface area (Å²) >= 11 is 0. The number of carbonyl (C=O) groups excluding carboxylic acids is 1. The number of methoxy groups -OCH3 is 4. The highest BCUT2D eigenvalue weighted by molar-refractivity contribution is 5.66. The number of rotatable bonds is 6. The summed E-state index contributed by atoms with van der Waals surface area (Å²) in [5.41, 5.74) is 0.913. The Morgan fingerprint density at radius 2 is 1.58 bits per heavy atom. The van der Waals surface area contributed by atoms with Crippen molar-refractivity contribution in [3.63, 3.8) is 0 Å². The van der Waals surface area contributed by atoms with E-state index in [1.165, 1.54) is 7.11 Å². The zero-order valence-electron chi connectivity index (χ0n) is 11.6. The van der Waals surface area contributed by atoms with Crippen molar-refractivity contribution in [3.05, 3.63) is 17.7 Å². The number of ether oxygens (including phenoxy) is 4. The molecule has 0 atom stereocenters. The molecule has 1 rings (SSSR count). The quantitative estimate of drug-likeness (QED) is 0.850. The Kier molecular flexibility index (Phi) is 5.78. The smallest absolute Gasteiger partial charge is 0.406 e. The third-order valence-corrected chi connectivity index (χ3v) is 2.64. The molecule has 0 saturated carbocycles. The summed E-state index contributed by atoms with van der Waals surface area (Å²) in [6.45, 7) is 0.443. The first-order valence-corrected chi connectivity index (χ1v) is 5.77. The summed E-state index contributed by atoms with van der Waals surface area (Å²) in [5.74, 6) is 1.91. The van der Waals surface area contributed by atoms with Crippen molar-refractivity contribution < 1.29 is 23.7 Å². The molecule has 0 bridgehead atoms. The van der Waals surface area contributed by atoms with Crippen LogP contribution in [0.15, 0.2) is 12.1 Å². The van der Waals surface area contributed by atoms with Crippen LogP contribution in [-0.4, -0.2) is 41.1 Å². The van der Waals surface area contributed by atoms with Crippen LogP contribution in [0.4, 0.5) is 4.79 Å². The summed E-state index contributed by atoms with van der Waals surface area (Å²) in [6, 6.07) is 3.59. The van der Waals surface area contributed by atoms with Crippen molar-refractivity contribution in [2.24, 2.45) is 0 Å². The van der Waals surface area contributed by atoms with Gasteiger partial charge >= 0.3 is 6.09 Å². The van der Waals surface area contributed by atoms with Crippen molar-refractivity contribution in [1.82, 2.24) is 5.32 Å². The molecule has 0 unspecified atom stereocenters. The summed E-state index contributed by atoms with van der Waals surface area (Å²) in [4.78, 5) is 11.0. The summed E-state index contributed by atoms with van der Waals surface area (Å²) in [7, 11) is 6.04. The molecule has 1 aromatic carbocycles. The summed E-state index contributed by atoms with van der Waals surface area (Å²) in [6.07, 6.45) is 0.137. The number of carbonyl (C=O) groups is 1. The molecule has 1 aromatic rings. The Morgan fingerprint density at radius 1 is 1.00 bits per heavy atom. The maximum atomic E-state index is 11.0. The number of benzene rings is 1. The predicted molar refractivity (Wildman–Crippen MR) is 70.2 cm³/mol. The lowest BCUT2D eigenvalue weighted by molar-refractivity contribution is 0.171. The highest BCUT2D eigenvalue weighted by Crippen LogP contribution is 2.34. The van der Waals surface area contributed by atoms with Crippen molar-refractivity contribution >= 4 is 6.09 Å². The maximum Gasteiger partial charge on any atom is 0.406 e. The minimum atomic E-state index is -0.459. The van der Waals surface area contributed by atoms with Gasteiger partial charge in [-0.2, -0.15) is 0 Å². The van der Waals surface area contributed by atoms with Crippen LogP contribution in [0.25, 0.3) is 0 Å². The van der Waals surface area contributed by atoms with E-state index in [2.05, 4.69) is 10.1 Å². The molecule has 0 spiro atoms. The van der Waals surface area contributed by atoms with Crippen LogP contribution in [0, 0.1) is 0 Å². The van der Waals surface area contributed by atoms with Gasteiger partial charge in [0.1, 0.15) is 5.75 Å². The van der Waals surface area contributed by atoms with Gasteiger partial charge in [0.15, 0.2) is 11.5 Å².